The van der Waals surface area contributed by atoms with E-state index in [1.807, 2.05) is 4.90 Å². The summed E-state index contributed by atoms with van der Waals surface area (Å²) < 4.78 is 18.6. The average Bonchev–Trinajstić information content (AvgIpc) is 2.59. The van der Waals surface area contributed by atoms with Gasteiger partial charge in [0.15, 0.2) is 5.82 Å². The summed E-state index contributed by atoms with van der Waals surface area (Å²) in [6, 6.07) is 5.63. The Kier molecular flexibility index (Phi) is 4.59. The zero-order valence-electron chi connectivity index (χ0n) is 13.4. The summed E-state index contributed by atoms with van der Waals surface area (Å²) in [7, 11) is 0. The second-order valence-electron chi connectivity index (χ2n) is 5.84. The fraction of sp³-hybridized carbons (Fsp3) is 0.353. The topological polar surface area (TPSA) is 81.3 Å². The molecule has 0 aliphatic carbocycles. The lowest BCUT2D eigenvalue weighted by Gasteiger charge is -2.32. The molecular formula is C17H19FN4O2. The molecule has 126 valence electrons. The van der Waals surface area contributed by atoms with Crippen LogP contribution in [0.1, 0.15) is 19.8 Å². The Balaban J connectivity index is 1.76. The maximum absolute atomic E-state index is 13.0. The summed E-state index contributed by atoms with van der Waals surface area (Å²) in [4.78, 5) is 21.8. The van der Waals surface area contributed by atoms with Gasteiger partial charge in [-0.3, -0.25) is 4.79 Å². The van der Waals surface area contributed by atoms with Crippen LogP contribution >= 0.6 is 0 Å². The monoisotopic (exact) mass is 330 g/mol. The van der Waals surface area contributed by atoms with Crippen LogP contribution in [0.25, 0.3) is 0 Å². The third-order valence-corrected chi connectivity index (χ3v) is 4.22. The highest BCUT2D eigenvalue weighted by Gasteiger charge is 2.25. The summed E-state index contributed by atoms with van der Waals surface area (Å²) in [6.45, 7) is 3.05. The third-order valence-electron chi connectivity index (χ3n) is 4.22. The Morgan fingerprint density at radius 1 is 1.25 bits per heavy atom. The number of piperidine rings is 1. The molecule has 1 saturated heterocycles. The van der Waals surface area contributed by atoms with Crippen LogP contribution in [-0.4, -0.2) is 28.8 Å². The Hall–Kier alpha value is -2.70. The number of ether oxygens (including phenoxy) is 1. The number of carbonyl (C=O) groups excluding carboxylic acids is 1. The molecule has 1 aromatic heterocycles. The molecule has 0 spiro atoms. The summed E-state index contributed by atoms with van der Waals surface area (Å²) in [6.07, 6.45) is 2.96. The van der Waals surface area contributed by atoms with Crippen LogP contribution in [0.15, 0.2) is 30.6 Å². The molecule has 0 saturated carbocycles. The predicted octanol–water partition coefficient (Wildman–Crippen LogP) is 2.80. The highest BCUT2D eigenvalue weighted by atomic mass is 19.1. The molecule has 1 fully saturated rings. The summed E-state index contributed by atoms with van der Waals surface area (Å²) in [5, 5.41) is 0. The van der Waals surface area contributed by atoms with E-state index in [9.17, 15) is 9.18 Å². The van der Waals surface area contributed by atoms with Crippen LogP contribution in [0.2, 0.25) is 0 Å². The van der Waals surface area contributed by atoms with Gasteiger partial charge in [0.2, 0.25) is 5.88 Å². The number of anilines is 2. The maximum atomic E-state index is 13.0. The van der Waals surface area contributed by atoms with Gasteiger partial charge in [0.05, 0.1) is 0 Å². The third kappa shape index (κ3) is 3.45. The normalized spacial score (nSPS) is 15.3. The van der Waals surface area contributed by atoms with E-state index in [4.69, 9.17) is 10.5 Å². The molecule has 0 amide bonds. The van der Waals surface area contributed by atoms with Crippen molar-refractivity contribution in [3.63, 3.8) is 0 Å². The van der Waals surface area contributed by atoms with E-state index in [2.05, 4.69) is 9.97 Å². The van der Waals surface area contributed by atoms with Crippen LogP contribution in [0.5, 0.6) is 11.6 Å². The Bertz CT molecular complexity index is 728. The Labute approximate surface area is 139 Å². The lowest BCUT2D eigenvalue weighted by atomic mass is 9.93. The standard InChI is InChI=1S/C17H19FN4O2/c1-11(23)12-6-8-22(9-7-12)16-15(19)17(21-10-20-16)24-14-4-2-13(18)3-5-14/h2-5,10,12H,6-9,19H2,1H3. The molecule has 0 atom stereocenters. The van der Waals surface area contributed by atoms with Gasteiger partial charge in [-0.05, 0) is 44.0 Å². The van der Waals surface area contributed by atoms with Gasteiger partial charge in [-0.1, -0.05) is 0 Å². The zero-order chi connectivity index (χ0) is 17.1. The number of Topliss-reactive ketones (excluding diaryl/α,β-unsaturated/α-hetero) is 1. The van der Waals surface area contributed by atoms with Crippen molar-refractivity contribution in [3.05, 3.63) is 36.4 Å². The van der Waals surface area contributed by atoms with Crippen LogP contribution in [0.3, 0.4) is 0 Å². The molecule has 2 N–H and O–H groups in total. The van der Waals surface area contributed by atoms with Crippen molar-refractivity contribution in [1.82, 2.24) is 9.97 Å². The molecule has 3 rings (SSSR count). The first kappa shape index (κ1) is 16.2. The number of hydrogen-bond acceptors (Lipinski definition) is 6. The first-order valence-electron chi connectivity index (χ1n) is 7.84. The van der Waals surface area contributed by atoms with Gasteiger partial charge in [-0.25, -0.2) is 9.37 Å². The van der Waals surface area contributed by atoms with Crippen LogP contribution in [0, 0.1) is 11.7 Å². The first-order valence-corrected chi connectivity index (χ1v) is 7.84. The number of hydrogen-bond donors (Lipinski definition) is 1. The largest absolute Gasteiger partial charge is 0.437 e. The molecule has 1 aromatic carbocycles. The molecule has 0 unspecified atom stereocenters. The van der Waals surface area contributed by atoms with Crippen molar-refractivity contribution < 1.29 is 13.9 Å². The molecule has 1 aliphatic rings. The highest BCUT2D eigenvalue weighted by Crippen LogP contribution is 2.33. The summed E-state index contributed by atoms with van der Waals surface area (Å²) in [5.41, 5.74) is 6.49. The van der Waals surface area contributed by atoms with E-state index >= 15 is 0 Å². The van der Waals surface area contributed by atoms with E-state index in [0.29, 0.717) is 30.3 Å². The van der Waals surface area contributed by atoms with Crippen LogP contribution in [0.4, 0.5) is 15.9 Å². The van der Waals surface area contributed by atoms with E-state index in [0.717, 1.165) is 12.8 Å². The summed E-state index contributed by atoms with van der Waals surface area (Å²) in [5.74, 6) is 1.28. The van der Waals surface area contributed by atoms with Gasteiger partial charge in [-0.15, -0.1) is 0 Å². The predicted molar refractivity (Wildman–Crippen MR) is 88.5 cm³/mol. The van der Waals surface area contributed by atoms with Gasteiger partial charge in [-0.2, -0.15) is 4.98 Å². The first-order chi connectivity index (χ1) is 11.5. The minimum absolute atomic E-state index is 0.110. The van der Waals surface area contributed by atoms with Gasteiger partial charge >= 0.3 is 0 Å². The molecular weight excluding hydrogens is 311 g/mol. The summed E-state index contributed by atoms with van der Waals surface area (Å²) >= 11 is 0. The number of aromatic nitrogens is 2. The molecule has 7 heteroatoms. The van der Waals surface area contributed by atoms with Crippen molar-refractivity contribution in [1.29, 1.82) is 0 Å². The number of nitrogens with two attached hydrogens (primary N) is 1. The number of ketones is 1. The quantitative estimate of drug-likeness (QED) is 0.928. The van der Waals surface area contributed by atoms with Crippen LogP contribution in [-0.2, 0) is 4.79 Å². The lowest BCUT2D eigenvalue weighted by Crippen LogP contribution is -2.36. The molecule has 1 aliphatic heterocycles. The van der Waals surface area contributed by atoms with Crippen molar-refractivity contribution >= 4 is 17.3 Å². The molecule has 24 heavy (non-hydrogen) atoms. The molecule has 0 bridgehead atoms. The lowest BCUT2D eigenvalue weighted by molar-refractivity contribution is -0.121. The molecule has 6 nitrogen and oxygen atoms in total. The smallest absolute Gasteiger partial charge is 0.248 e. The van der Waals surface area contributed by atoms with E-state index in [1.54, 1.807) is 6.92 Å². The highest BCUT2D eigenvalue weighted by molar-refractivity contribution is 5.78. The van der Waals surface area contributed by atoms with Crippen molar-refractivity contribution in [2.24, 2.45) is 5.92 Å². The molecule has 2 heterocycles. The van der Waals surface area contributed by atoms with E-state index < -0.39 is 0 Å². The van der Waals surface area contributed by atoms with Crippen molar-refractivity contribution in [2.75, 3.05) is 23.7 Å². The number of carbonyl (C=O) groups is 1. The van der Waals surface area contributed by atoms with Crippen molar-refractivity contribution in [3.8, 4) is 11.6 Å². The van der Waals surface area contributed by atoms with Gasteiger partial charge in [0.1, 0.15) is 29.4 Å². The van der Waals surface area contributed by atoms with Gasteiger partial charge < -0.3 is 15.4 Å². The maximum Gasteiger partial charge on any atom is 0.248 e. The van der Waals surface area contributed by atoms with E-state index in [1.165, 1.54) is 30.6 Å². The minimum atomic E-state index is -0.341. The second kappa shape index (κ2) is 6.82. The number of halogens is 1. The van der Waals surface area contributed by atoms with Gasteiger partial charge in [0.25, 0.3) is 0 Å². The van der Waals surface area contributed by atoms with Crippen LogP contribution < -0.4 is 15.4 Å². The SMILES string of the molecule is CC(=O)C1CCN(c2ncnc(Oc3ccc(F)cc3)c2N)CC1. The van der Waals surface area contributed by atoms with E-state index in [-0.39, 0.29) is 23.4 Å². The Morgan fingerprint density at radius 2 is 1.92 bits per heavy atom. The van der Waals surface area contributed by atoms with Crippen molar-refractivity contribution in [2.45, 2.75) is 19.8 Å². The number of benzene rings is 1. The number of nitrogen functional groups attached to an aromatic ring is 1. The second-order valence-corrected chi connectivity index (χ2v) is 5.84. The zero-order valence-corrected chi connectivity index (χ0v) is 13.4. The minimum Gasteiger partial charge on any atom is -0.437 e. The fourth-order valence-electron chi connectivity index (χ4n) is 2.82. The number of nitrogens with zero attached hydrogens (tertiary/aromatic N) is 3. The molecule has 0 radical (unpaired) electrons. The number of rotatable bonds is 4. The fourth-order valence-corrected chi connectivity index (χ4v) is 2.82. The Morgan fingerprint density at radius 3 is 2.54 bits per heavy atom. The average molecular weight is 330 g/mol. The molecule has 2 aromatic rings. The van der Waals surface area contributed by atoms with Gasteiger partial charge in [0, 0.05) is 19.0 Å².